The lowest BCUT2D eigenvalue weighted by molar-refractivity contribution is -0.552. The first-order valence-corrected chi connectivity index (χ1v) is 12.3. The van der Waals surface area contributed by atoms with E-state index in [0.717, 1.165) is 44.1 Å². The van der Waals surface area contributed by atoms with Crippen LogP contribution in [0.2, 0.25) is 5.02 Å². The maximum atomic E-state index is 13.2. The van der Waals surface area contributed by atoms with Crippen LogP contribution in [0.4, 0.5) is 4.79 Å². The highest BCUT2D eigenvalue weighted by Gasteiger charge is 2.53. The average Bonchev–Trinajstić information content (AvgIpc) is 3.22. The Hall–Kier alpha value is -3.07. The number of rotatable bonds is 6. The van der Waals surface area contributed by atoms with E-state index in [9.17, 15) is 9.59 Å². The standard InChI is InChI=1S/C26H30ClN6O2/c1-29-24-23(25(34)30(2)26(29)35)33(17-20-8-10-21(27)11-9-20)22(28-24)18-32-14-12-31(13-15-32)16-19-6-4-3-5-7-19/h3-11,23H,12-18H2,1-2H3/q+1. The van der Waals surface area contributed by atoms with Gasteiger partial charge in [0.05, 0.1) is 0 Å². The molecule has 0 N–H and O–H groups in total. The van der Waals surface area contributed by atoms with Gasteiger partial charge in [-0.15, -0.1) is 0 Å². The first-order valence-electron chi connectivity index (χ1n) is 11.9. The number of piperazine rings is 1. The Morgan fingerprint density at radius 3 is 2.14 bits per heavy atom. The van der Waals surface area contributed by atoms with Gasteiger partial charge in [-0.3, -0.25) is 24.4 Å². The van der Waals surface area contributed by atoms with Gasteiger partial charge in [0.1, 0.15) is 13.1 Å². The molecule has 5 rings (SSSR count). The molecule has 3 heterocycles. The summed E-state index contributed by atoms with van der Waals surface area (Å²) >= 11 is 6.08. The molecule has 3 aliphatic heterocycles. The van der Waals surface area contributed by atoms with Crippen LogP contribution in [-0.2, 0) is 17.9 Å². The number of halogens is 1. The number of urea groups is 1. The molecular formula is C26H30ClN6O2+. The van der Waals surface area contributed by atoms with Gasteiger partial charge in [-0.05, 0) is 28.3 Å². The van der Waals surface area contributed by atoms with E-state index in [2.05, 4.69) is 34.1 Å². The van der Waals surface area contributed by atoms with Gasteiger partial charge < -0.3 is 0 Å². The number of amidine groups is 2. The molecular weight excluding hydrogens is 464 g/mol. The van der Waals surface area contributed by atoms with E-state index in [0.29, 0.717) is 23.9 Å². The largest absolute Gasteiger partial charge is 0.333 e. The van der Waals surface area contributed by atoms with Crippen molar-refractivity contribution in [3.05, 3.63) is 70.7 Å². The van der Waals surface area contributed by atoms with Crippen molar-refractivity contribution in [2.75, 3.05) is 46.8 Å². The molecule has 0 aliphatic carbocycles. The fraction of sp³-hybridized carbons (Fsp3) is 0.385. The van der Waals surface area contributed by atoms with Gasteiger partial charge in [-0.2, -0.15) is 0 Å². The van der Waals surface area contributed by atoms with Crippen LogP contribution in [0.15, 0.2) is 59.6 Å². The second-order valence-corrected chi connectivity index (χ2v) is 9.76. The summed E-state index contributed by atoms with van der Waals surface area (Å²) in [5, 5.41) is 0.670. The molecule has 2 aromatic carbocycles. The van der Waals surface area contributed by atoms with Crippen LogP contribution in [-0.4, -0.2) is 101 Å². The fourth-order valence-corrected chi connectivity index (χ4v) is 5.02. The smallest absolute Gasteiger partial charge is 0.297 e. The van der Waals surface area contributed by atoms with Crippen LogP contribution >= 0.6 is 11.6 Å². The summed E-state index contributed by atoms with van der Waals surface area (Å²) in [5.41, 5.74) is 2.36. The first kappa shape index (κ1) is 23.7. The van der Waals surface area contributed by atoms with Gasteiger partial charge in [-0.1, -0.05) is 54.1 Å². The summed E-state index contributed by atoms with van der Waals surface area (Å²) in [6, 6.07) is 17.2. The molecule has 1 unspecified atom stereocenters. The lowest BCUT2D eigenvalue weighted by Crippen LogP contribution is -2.61. The van der Waals surface area contributed by atoms with Gasteiger partial charge in [0, 0.05) is 51.8 Å². The molecule has 9 heteroatoms. The summed E-state index contributed by atoms with van der Waals surface area (Å²) in [6.45, 7) is 5.88. The van der Waals surface area contributed by atoms with Gasteiger partial charge >= 0.3 is 11.9 Å². The Balaban J connectivity index is 1.35. The molecule has 0 spiro atoms. The number of amides is 3. The summed E-state index contributed by atoms with van der Waals surface area (Å²) in [5.74, 6) is 1.08. The van der Waals surface area contributed by atoms with E-state index in [1.165, 1.54) is 22.4 Å². The Kier molecular flexibility index (Phi) is 6.69. The number of carbonyl (C=O) groups excluding carboxylic acids is 2. The molecule has 0 saturated carbocycles. The topological polar surface area (TPSA) is 62.5 Å². The minimum absolute atomic E-state index is 0.247. The SMILES string of the molecule is CN1C(=O)C2C(=NC(CN3CCN(Cc4ccccc4)CC3)=[N+]2Cc2ccc(Cl)cc2)N(C)C1=O. The van der Waals surface area contributed by atoms with Crippen molar-refractivity contribution >= 4 is 35.2 Å². The number of hydrogen-bond donors (Lipinski definition) is 0. The van der Waals surface area contributed by atoms with Crippen LogP contribution in [0.1, 0.15) is 11.1 Å². The Bertz CT molecular complexity index is 1170. The summed E-state index contributed by atoms with van der Waals surface area (Å²) < 4.78 is 2.04. The summed E-state index contributed by atoms with van der Waals surface area (Å²) in [7, 11) is 3.21. The lowest BCUT2D eigenvalue weighted by atomic mass is 10.1. The number of hydrogen-bond acceptors (Lipinski definition) is 5. The van der Waals surface area contributed by atoms with E-state index in [1.54, 1.807) is 7.05 Å². The number of likely N-dealkylation sites (N-methyl/N-ethyl adjacent to an activating group) is 2. The van der Waals surface area contributed by atoms with Gasteiger partial charge in [-0.25, -0.2) is 9.37 Å². The van der Waals surface area contributed by atoms with Crippen LogP contribution in [0.5, 0.6) is 0 Å². The third-order valence-corrected chi connectivity index (χ3v) is 7.21. The quantitative estimate of drug-likeness (QED) is 0.580. The number of nitrogens with zero attached hydrogens (tertiary/aromatic N) is 6. The van der Waals surface area contributed by atoms with Crippen molar-refractivity contribution in [1.82, 2.24) is 19.6 Å². The Labute approximate surface area is 210 Å². The molecule has 3 amide bonds. The van der Waals surface area contributed by atoms with Crippen molar-refractivity contribution in [3.8, 4) is 0 Å². The molecule has 0 aromatic heterocycles. The van der Waals surface area contributed by atoms with Crippen LogP contribution < -0.4 is 0 Å². The minimum Gasteiger partial charge on any atom is -0.297 e. The molecule has 182 valence electrons. The molecule has 2 saturated heterocycles. The third kappa shape index (κ3) is 4.87. The number of benzene rings is 2. The van der Waals surface area contributed by atoms with Crippen LogP contribution in [0.3, 0.4) is 0 Å². The molecule has 8 nitrogen and oxygen atoms in total. The van der Waals surface area contributed by atoms with E-state index >= 15 is 0 Å². The Morgan fingerprint density at radius 2 is 1.49 bits per heavy atom. The van der Waals surface area contributed by atoms with Crippen molar-refractivity contribution in [3.63, 3.8) is 0 Å². The fourth-order valence-electron chi connectivity index (χ4n) is 4.89. The molecule has 1 atom stereocenters. The molecule has 0 bridgehead atoms. The molecule has 0 radical (unpaired) electrons. The molecule has 2 aromatic rings. The minimum atomic E-state index is -0.604. The number of carbonyl (C=O) groups is 2. The van der Waals surface area contributed by atoms with Gasteiger partial charge in [0.2, 0.25) is 0 Å². The van der Waals surface area contributed by atoms with Crippen molar-refractivity contribution in [2.45, 2.75) is 19.1 Å². The Morgan fingerprint density at radius 1 is 0.857 bits per heavy atom. The van der Waals surface area contributed by atoms with E-state index < -0.39 is 6.04 Å². The van der Waals surface area contributed by atoms with E-state index in [4.69, 9.17) is 16.6 Å². The third-order valence-electron chi connectivity index (χ3n) is 6.96. The van der Waals surface area contributed by atoms with Crippen molar-refractivity contribution < 1.29 is 14.2 Å². The van der Waals surface area contributed by atoms with Crippen molar-refractivity contribution in [2.24, 2.45) is 4.99 Å². The van der Waals surface area contributed by atoms with Gasteiger partial charge in [0.25, 0.3) is 17.8 Å². The van der Waals surface area contributed by atoms with E-state index in [-0.39, 0.29) is 11.9 Å². The highest BCUT2D eigenvalue weighted by atomic mass is 35.5. The maximum absolute atomic E-state index is 13.2. The zero-order chi connectivity index (χ0) is 24.5. The summed E-state index contributed by atoms with van der Waals surface area (Å²) in [4.78, 5) is 38.1. The predicted octanol–water partition coefficient (Wildman–Crippen LogP) is 2.37. The number of imide groups is 1. The highest BCUT2D eigenvalue weighted by Crippen LogP contribution is 2.22. The average molecular weight is 494 g/mol. The predicted molar refractivity (Wildman–Crippen MR) is 136 cm³/mol. The molecule has 3 aliphatic rings. The lowest BCUT2D eigenvalue weighted by Gasteiger charge is -2.34. The summed E-state index contributed by atoms with van der Waals surface area (Å²) in [6.07, 6.45) is 0. The number of aliphatic imine (C=N–C) groups is 1. The number of fused-ring (bicyclic) bond motifs is 1. The zero-order valence-corrected chi connectivity index (χ0v) is 20.9. The maximum Gasteiger partial charge on any atom is 0.333 e. The normalized spacial score (nSPS) is 21.6. The second kappa shape index (κ2) is 9.89. The highest BCUT2D eigenvalue weighted by molar-refractivity contribution is 6.30. The zero-order valence-electron chi connectivity index (χ0n) is 20.1. The molecule has 35 heavy (non-hydrogen) atoms. The second-order valence-electron chi connectivity index (χ2n) is 9.32. The van der Waals surface area contributed by atoms with E-state index in [1.807, 2.05) is 34.9 Å². The van der Waals surface area contributed by atoms with Crippen molar-refractivity contribution in [1.29, 1.82) is 0 Å². The first-order chi connectivity index (χ1) is 16.9. The van der Waals surface area contributed by atoms with Crippen LogP contribution in [0.25, 0.3) is 0 Å². The van der Waals surface area contributed by atoms with Gasteiger partial charge in [0.15, 0.2) is 0 Å². The monoisotopic (exact) mass is 493 g/mol. The molecule has 2 fully saturated rings. The van der Waals surface area contributed by atoms with Crippen LogP contribution in [0, 0.1) is 0 Å².